The monoisotopic (exact) mass is 300 g/mol. The zero-order valence-corrected chi connectivity index (χ0v) is 12.6. The third-order valence-electron chi connectivity index (χ3n) is 2.54. The Labute approximate surface area is 119 Å². The average Bonchev–Trinajstić information content (AvgIpc) is 2.45. The summed E-state index contributed by atoms with van der Waals surface area (Å²) in [4.78, 5) is 11.9. The largest absolute Gasteiger partial charge is 0.349 e. The Balaban J connectivity index is 2.59. The molecule has 6 nitrogen and oxygen atoms in total. The van der Waals surface area contributed by atoms with Gasteiger partial charge >= 0.3 is 7.60 Å². The lowest BCUT2D eigenvalue weighted by molar-refractivity contribution is -0.122. The van der Waals surface area contributed by atoms with Crippen LogP contribution in [0.25, 0.3) is 0 Å². The molecule has 0 aliphatic heterocycles. The van der Waals surface area contributed by atoms with E-state index >= 15 is 0 Å². The van der Waals surface area contributed by atoms with Crippen LogP contribution in [0, 0.1) is 0 Å². The molecule has 1 rings (SSSR count). The summed E-state index contributed by atoms with van der Waals surface area (Å²) >= 11 is 0. The first-order valence-electron chi connectivity index (χ1n) is 6.48. The summed E-state index contributed by atoms with van der Waals surface area (Å²) in [5, 5.41) is 2.51. The second-order valence-corrected chi connectivity index (χ2v) is 6.09. The highest BCUT2D eigenvalue weighted by Crippen LogP contribution is 2.46. The molecule has 1 aromatic rings. The number of hydrogen-bond donors (Lipinski definition) is 2. The Morgan fingerprint density at radius 3 is 2.30 bits per heavy atom. The maximum absolute atomic E-state index is 12.2. The first-order chi connectivity index (χ1) is 9.52. The van der Waals surface area contributed by atoms with Crippen molar-refractivity contribution >= 4 is 13.5 Å². The predicted octanol–water partition coefficient (Wildman–Crippen LogP) is 2.03. The molecule has 1 amide bonds. The molecule has 1 aromatic carbocycles. The van der Waals surface area contributed by atoms with Crippen molar-refractivity contribution in [3.8, 4) is 0 Å². The van der Waals surface area contributed by atoms with Crippen LogP contribution in [-0.4, -0.2) is 25.4 Å². The van der Waals surface area contributed by atoms with Gasteiger partial charge in [-0.3, -0.25) is 9.36 Å². The van der Waals surface area contributed by atoms with Crippen molar-refractivity contribution in [1.29, 1.82) is 0 Å². The van der Waals surface area contributed by atoms with Crippen molar-refractivity contribution in [1.82, 2.24) is 5.32 Å². The molecule has 7 heteroatoms. The molecule has 20 heavy (non-hydrogen) atoms. The Hall–Kier alpha value is -1.20. The highest BCUT2D eigenvalue weighted by molar-refractivity contribution is 7.53. The van der Waals surface area contributed by atoms with E-state index in [1.165, 1.54) is 0 Å². The second-order valence-electron chi connectivity index (χ2n) is 4.03. The van der Waals surface area contributed by atoms with Crippen molar-refractivity contribution in [2.24, 2.45) is 5.73 Å². The van der Waals surface area contributed by atoms with Crippen LogP contribution < -0.4 is 11.1 Å². The van der Waals surface area contributed by atoms with E-state index in [1.54, 1.807) is 38.1 Å². The Kier molecular flexibility index (Phi) is 6.88. The number of rotatable bonds is 8. The van der Waals surface area contributed by atoms with Gasteiger partial charge in [0.05, 0.1) is 13.2 Å². The van der Waals surface area contributed by atoms with Gasteiger partial charge in [-0.15, -0.1) is 0 Å². The van der Waals surface area contributed by atoms with E-state index in [1.807, 2.05) is 6.07 Å². The maximum Gasteiger partial charge on any atom is 0.349 e. The van der Waals surface area contributed by atoms with Gasteiger partial charge in [-0.2, -0.15) is 0 Å². The number of nitrogens with one attached hydrogen (secondary N) is 1. The summed E-state index contributed by atoms with van der Waals surface area (Å²) in [6.45, 7) is 3.92. The predicted molar refractivity (Wildman–Crippen MR) is 77.2 cm³/mol. The lowest BCUT2D eigenvalue weighted by Gasteiger charge is -2.19. The number of amides is 1. The minimum atomic E-state index is -3.29. The van der Waals surface area contributed by atoms with Crippen LogP contribution in [-0.2, 0) is 18.4 Å². The van der Waals surface area contributed by atoms with Crippen LogP contribution in [0.4, 0.5) is 0 Å². The van der Waals surface area contributed by atoms with Gasteiger partial charge in [0.2, 0.25) is 5.91 Å². The fourth-order valence-electron chi connectivity index (χ4n) is 1.62. The summed E-state index contributed by atoms with van der Waals surface area (Å²) in [6, 6.07) is 8.14. The fraction of sp³-hybridized carbons (Fsp3) is 0.462. The third kappa shape index (κ3) is 5.06. The van der Waals surface area contributed by atoms with Crippen LogP contribution >= 0.6 is 7.60 Å². The first kappa shape index (κ1) is 16.9. The Morgan fingerprint density at radius 1 is 1.25 bits per heavy atom. The molecule has 1 atom stereocenters. The van der Waals surface area contributed by atoms with Crippen LogP contribution in [0.3, 0.4) is 0 Å². The average molecular weight is 300 g/mol. The number of carbonyl (C=O) groups excluding carboxylic acids is 1. The minimum absolute atomic E-state index is 0.186. The third-order valence-corrected chi connectivity index (χ3v) is 4.39. The molecule has 3 N–H and O–H groups in total. The lowest BCUT2D eigenvalue weighted by Crippen LogP contribution is -2.35. The summed E-state index contributed by atoms with van der Waals surface area (Å²) in [6.07, 6.45) is -0.186. The van der Waals surface area contributed by atoms with Gasteiger partial charge in [-0.1, -0.05) is 30.3 Å². The van der Waals surface area contributed by atoms with Crippen LogP contribution in [0.15, 0.2) is 30.3 Å². The van der Waals surface area contributed by atoms with Crippen molar-refractivity contribution in [2.45, 2.75) is 19.9 Å². The summed E-state index contributed by atoms with van der Waals surface area (Å²) in [5.74, 6) is -0.421. The van der Waals surface area contributed by atoms with Crippen molar-refractivity contribution in [2.75, 3.05) is 19.5 Å². The SMILES string of the molecule is CCOP(=O)(CNC(=O)C(N)c1ccccc1)OCC. The van der Waals surface area contributed by atoms with E-state index in [0.717, 1.165) is 0 Å². The van der Waals surface area contributed by atoms with E-state index in [2.05, 4.69) is 5.32 Å². The minimum Gasteiger partial charge on any atom is -0.343 e. The highest BCUT2D eigenvalue weighted by atomic mass is 31.2. The van der Waals surface area contributed by atoms with E-state index in [-0.39, 0.29) is 19.5 Å². The van der Waals surface area contributed by atoms with E-state index < -0.39 is 19.5 Å². The maximum atomic E-state index is 12.2. The normalized spacial score (nSPS) is 12.9. The molecule has 0 saturated carbocycles. The molecular weight excluding hydrogens is 279 g/mol. The standard InChI is InChI=1S/C13H21N2O4P/c1-3-18-20(17,19-4-2)10-15-13(16)12(14)11-8-6-5-7-9-11/h5-9,12H,3-4,10,14H2,1-2H3,(H,15,16). The lowest BCUT2D eigenvalue weighted by atomic mass is 10.1. The summed E-state index contributed by atoms with van der Waals surface area (Å²) in [5.41, 5.74) is 6.52. The molecule has 1 unspecified atom stereocenters. The summed E-state index contributed by atoms with van der Waals surface area (Å²) in [7, 11) is -3.29. The molecule has 112 valence electrons. The van der Waals surface area contributed by atoms with Crippen molar-refractivity contribution in [3.05, 3.63) is 35.9 Å². The van der Waals surface area contributed by atoms with E-state index in [4.69, 9.17) is 14.8 Å². The summed E-state index contributed by atoms with van der Waals surface area (Å²) < 4.78 is 22.3. The number of hydrogen-bond acceptors (Lipinski definition) is 5. The van der Waals surface area contributed by atoms with Crippen LogP contribution in [0.2, 0.25) is 0 Å². The second kappa shape index (κ2) is 8.17. The quantitative estimate of drug-likeness (QED) is 0.717. The molecule has 0 aliphatic carbocycles. The van der Waals surface area contributed by atoms with Gasteiger partial charge in [0.25, 0.3) is 0 Å². The van der Waals surface area contributed by atoms with E-state index in [9.17, 15) is 9.36 Å². The number of benzene rings is 1. The molecule has 0 bridgehead atoms. The molecule has 0 saturated heterocycles. The number of nitrogens with two attached hydrogens (primary N) is 1. The zero-order valence-electron chi connectivity index (χ0n) is 11.7. The fourth-order valence-corrected chi connectivity index (χ4v) is 3.01. The molecule has 0 aromatic heterocycles. The molecule has 0 heterocycles. The van der Waals surface area contributed by atoms with Crippen molar-refractivity contribution < 1.29 is 18.4 Å². The van der Waals surface area contributed by atoms with Gasteiger partial charge in [-0.05, 0) is 19.4 Å². The molecule has 0 radical (unpaired) electrons. The van der Waals surface area contributed by atoms with E-state index in [0.29, 0.717) is 5.56 Å². The molecule has 0 aliphatic rings. The zero-order chi connectivity index (χ0) is 15.0. The topological polar surface area (TPSA) is 90.7 Å². The Bertz CT molecular complexity index is 457. The first-order valence-corrected chi connectivity index (χ1v) is 8.21. The number of carbonyl (C=O) groups is 1. The van der Waals surface area contributed by atoms with Gasteiger partial charge in [0, 0.05) is 0 Å². The van der Waals surface area contributed by atoms with Gasteiger partial charge in [0.1, 0.15) is 12.3 Å². The van der Waals surface area contributed by atoms with Crippen LogP contribution in [0.1, 0.15) is 25.5 Å². The molecule has 0 spiro atoms. The van der Waals surface area contributed by atoms with Gasteiger partial charge in [-0.25, -0.2) is 0 Å². The van der Waals surface area contributed by atoms with Crippen molar-refractivity contribution in [3.63, 3.8) is 0 Å². The highest BCUT2D eigenvalue weighted by Gasteiger charge is 2.26. The molecule has 0 fully saturated rings. The van der Waals surface area contributed by atoms with Gasteiger partial charge < -0.3 is 20.1 Å². The Morgan fingerprint density at radius 2 is 1.80 bits per heavy atom. The van der Waals surface area contributed by atoms with Crippen LogP contribution in [0.5, 0.6) is 0 Å². The molecular formula is C13H21N2O4P. The smallest absolute Gasteiger partial charge is 0.343 e. The van der Waals surface area contributed by atoms with Gasteiger partial charge in [0.15, 0.2) is 0 Å².